The zero-order chi connectivity index (χ0) is 19.0. The van der Waals surface area contributed by atoms with E-state index in [4.69, 9.17) is 14.3 Å². The van der Waals surface area contributed by atoms with Gasteiger partial charge in [-0.15, -0.1) is 0 Å². The van der Waals surface area contributed by atoms with E-state index in [0.717, 1.165) is 31.9 Å². The Hall–Kier alpha value is -0.580. The van der Waals surface area contributed by atoms with Crippen molar-refractivity contribution < 1.29 is 45.3 Å². The molecule has 0 aliphatic carbocycles. The molecule has 1 aromatic carbocycles. The van der Waals surface area contributed by atoms with Crippen molar-refractivity contribution in [3.05, 3.63) is 24.3 Å². The summed E-state index contributed by atoms with van der Waals surface area (Å²) in [6.07, 6.45) is 0. The van der Waals surface area contributed by atoms with Crippen LogP contribution < -0.4 is 56.0 Å². The summed E-state index contributed by atoms with van der Waals surface area (Å²) in [5.74, 6) is 0.967. The third-order valence-corrected chi connectivity index (χ3v) is 2.54. The summed E-state index contributed by atoms with van der Waals surface area (Å²) < 4.78 is 5.34. The maximum Gasteiger partial charge on any atom is 1.00 e. The number of ether oxygens (including phenoxy) is 1. The first-order valence-electron chi connectivity index (χ1n) is 7.44. The molecule has 2 amide bonds. The Labute approximate surface area is 184 Å². The number of nitrogens with two attached hydrogens (primary N) is 2. The smallest absolute Gasteiger partial charge is 1.00 e. The first kappa shape index (κ1) is 29.2. The van der Waals surface area contributed by atoms with Crippen LogP contribution in [0.2, 0.25) is 0 Å². The molecule has 0 radical (unpaired) electrons. The number of benzene rings is 1. The number of hydrogen-bond donors (Lipinski definition) is 5. The first-order chi connectivity index (χ1) is 11.4. The van der Waals surface area contributed by atoms with Crippen molar-refractivity contribution in [1.29, 1.82) is 0 Å². The number of piperazine rings is 1. The quantitative estimate of drug-likeness (QED) is 0.331. The van der Waals surface area contributed by atoms with E-state index in [2.05, 4.69) is 59.1 Å². The number of primary amides is 2. The number of methoxy groups -OCH3 is 1. The molecular formula is C15H29N4NaO3S2. The Bertz CT molecular complexity index is 462. The minimum absolute atomic E-state index is 0. The molecule has 10 heteroatoms. The zero-order valence-corrected chi connectivity index (χ0v) is 19.1. The van der Waals surface area contributed by atoms with Crippen LogP contribution >= 0.6 is 25.3 Å². The average Bonchev–Trinajstić information content (AvgIpc) is 2.56. The van der Waals surface area contributed by atoms with Gasteiger partial charge in [0.05, 0.1) is 12.8 Å². The molecule has 1 aromatic rings. The van der Waals surface area contributed by atoms with Crippen LogP contribution in [0.3, 0.4) is 0 Å². The minimum atomic E-state index is -0.639. The van der Waals surface area contributed by atoms with E-state index in [1.165, 1.54) is 5.69 Å². The topological polar surface area (TPSA) is 111 Å². The number of hydrogen-bond acceptors (Lipinski definition) is 5. The summed E-state index contributed by atoms with van der Waals surface area (Å²) in [7, 11) is 1.72. The predicted octanol–water partition coefficient (Wildman–Crippen LogP) is -0.763. The van der Waals surface area contributed by atoms with Crippen LogP contribution in [-0.2, 0) is 0 Å². The van der Waals surface area contributed by atoms with E-state index in [1.807, 2.05) is 26.0 Å². The molecule has 0 aromatic heterocycles. The largest absolute Gasteiger partial charge is 1.00 e. The Morgan fingerprint density at radius 2 is 1.52 bits per heavy atom. The number of amides is 2. The molecule has 0 bridgehead atoms. The van der Waals surface area contributed by atoms with Crippen LogP contribution in [-0.4, -0.2) is 43.8 Å². The molecule has 7 nitrogen and oxygen atoms in total. The van der Waals surface area contributed by atoms with Gasteiger partial charge in [-0.25, -0.2) is 0 Å². The van der Waals surface area contributed by atoms with Crippen LogP contribution in [0, 0.1) is 0 Å². The van der Waals surface area contributed by atoms with Gasteiger partial charge in [-0.3, -0.25) is 9.59 Å². The fourth-order valence-corrected chi connectivity index (χ4v) is 1.80. The summed E-state index contributed by atoms with van der Waals surface area (Å²) in [5.41, 5.74) is 9.88. The summed E-state index contributed by atoms with van der Waals surface area (Å²) in [6, 6.07) is 8.19. The minimum Gasteiger partial charge on any atom is -1.00 e. The van der Waals surface area contributed by atoms with Crippen molar-refractivity contribution in [1.82, 2.24) is 5.32 Å². The van der Waals surface area contributed by atoms with Gasteiger partial charge in [0.1, 0.15) is 5.75 Å². The standard InChI is InChI=1S/C11H16N2O.C2H6.2CH3NOS.Na.H/c1-14-11-5-3-2-4-10(11)13-8-6-12-7-9-13;1-2;2*2-1(3)4;;/h2-5,12H,6-9H2,1H3;1-2H3;2*(H3,2,3,4);;/q;;;;+1;-1. The molecule has 25 heavy (non-hydrogen) atoms. The van der Waals surface area contributed by atoms with Crippen molar-refractivity contribution in [2.24, 2.45) is 11.5 Å². The molecule has 1 saturated heterocycles. The molecule has 5 N–H and O–H groups in total. The number of rotatable bonds is 2. The van der Waals surface area contributed by atoms with E-state index in [-0.39, 0.29) is 31.0 Å². The Kier molecular flexibility index (Phi) is 23.1. The average molecular weight is 401 g/mol. The molecule has 0 atom stereocenters. The van der Waals surface area contributed by atoms with Crippen LogP contribution in [0.4, 0.5) is 15.3 Å². The van der Waals surface area contributed by atoms with Crippen LogP contribution in [0.1, 0.15) is 15.3 Å². The second-order valence-electron chi connectivity index (χ2n) is 4.09. The summed E-state index contributed by atoms with van der Waals surface area (Å²) in [4.78, 5) is 20.5. The van der Waals surface area contributed by atoms with E-state index in [0.29, 0.717) is 0 Å². The molecule has 2 rings (SSSR count). The van der Waals surface area contributed by atoms with Gasteiger partial charge in [-0.05, 0) is 12.1 Å². The van der Waals surface area contributed by atoms with E-state index in [1.54, 1.807) is 7.11 Å². The van der Waals surface area contributed by atoms with Gasteiger partial charge in [0.2, 0.25) is 0 Å². The van der Waals surface area contributed by atoms with Gasteiger partial charge in [-0.1, -0.05) is 51.2 Å². The molecular weight excluding hydrogens is 371 g/mol. The summed E-state index contributed by atoms with van der Waals surface area (Å²) in [6.45, 7) is 8.22. The van der Waals surface area contributed by atoms with Gasteiger partial charge in [-0.2, -0.15) is 0 Å². The fourth-order valence-electron chi connectivity index (χ4n) is 1.80. The van der Waals surface area contributed by atoms with Crippen molar-refractivity contribution in [2.45, 2.75) is 13.8 Å². The van der Waals surface area contributed by atoms with E-state index < -0.39 is 10.5 Å². The maximum absolute atomic E-state index is 9.09. The van der Waals surface area contributed by atoms with E-state index in [9.17, 15) is 0 Å². The Morgan fingerprint density at radius 1 is 1.12 bits per heavy atom. The maximum atomic E-state index is 9.09. The van der Waals surface area contributed by atoms with Crippen LogP contribution in [0.25, 0.3) is 0 Å². The van der Waals surface area contributed by atoms with Crippen molar-refractivity contribution in [3.63, 3.8) is 0 Å². The third kappa shape index (κ3) is 18.0. The molecule has 0 spiro atoms. The van der Waals surface area contributed by atoms with Gasteiger partial charge < -0.3 is 27.8 Å². The third-order valence-electron chi connectivity index (χ3n) is 2.54. The SMILES string of the molecule is CC.COc1ccccc1N1CCNCC1.NC(=O)S.NC(=O)S.[H-].[Na+]. The number of carbonyl (C=O) groups excluding carboxylic acids is 2. The number of nitrogens with zero attached hydrogens (tertiary/aromatic N) is 1. The number of thiol groups is 2. The predicted molar refractivity (Wildman–Crippen MR) is 108 cm³/mol. The van der Waals surface area contributed by atoms with Crippen LogP contribution in [0.5, 0.6) is 5.75 Å². The van der Waals surface area contributed by atoms with Crippen LogP contribution in [0.15, 0.2) is 24.3 Å². The monoisotopic (exact) mass is 400 g/mol. The Morgan fingerprint density at radius 3 is 1.92 bits per heavy atom. The second-order valence-corrected chi connectivity index (χ2v) is 4.97. The number of nitrogens with one attached hydrogen (secondary N) is 1. The first-order valence-corrected chi connectivity index (χ1v) is 8.33. The molecule has 1 fully saturated rings. The number of carbonyl (C=O) groups is 2. The van der Waals surface area contributed by atoms with Gasteiger partial charge in [0, 0.05) is 26.2 Å². The molecule has 0 saturated carbocycles. The van der Waals surface area contributed by atoms with Gasteiger partial charge in [0.25, 0.3) is 10.5 Å². The summed E-state index contributed by atoms with van der Waals surface area (Å²) >= 11 is 6.21. The van der Waals surface area contributed by atoms with E-state index >= 15 is 0 Å². The molecule has 140 valence electrons. The summed E-state index contributed by atoms with van der Waals surface area (Å²) in [5, 5.41) is 2.06. The Balaban J connectivity index is -0.000000172. The van der Waals surface area contributed by atoms with Gasteiger partial charge >= 0.3 is 29.6 Å². The molecule has 0 unspecified atom stereocenters. The normalized spacial score (nSPS) is 11.6. The van der Waals surface area contributed by atoms with Crippen molar-refractivity contribution in [3.8, 4) is 5.75 Å². The second kappa shape index (κ2) is 19.7. The van der Waals surface area contributed by atoms with Gasteiger partial charge in [0.15, 0.2) is 0 Å². The fraction of sp³-hybridized carbons (Fsp3) is 0.467. The number of anilines is 1. The molecule has 1 heterocycles. The van der Waals surface area contributed by atoms with Crippen molar-refractivity contribution >= 4 is 41.4 Å². The number of para-hydroxylation sites is 2. The van der Waals surface area contributed by atoms with Crippen molar-refractivity contribution in [2.75, 3.05) is 38.2 Å². The molecule has 1 aliphatic rings. The zero-order valence-electron chi connectivity index (χ0n) is 16.4. The molecule has 1 aliphatic heterocycles.